The summed E-state index contributed by atoms with van der Waals surface area (Å²) >= 11 is 0. The Morgan fingerprint density at radius 2 is 2.03 bits per heavy atom. The molecule has 6 nitrogen and oxygen atoms in total. The van der Waals surface area contributed by atoms with E-state index in [1.807, 2.05) is 23.4 Å². The third-order valence-corrected chi connectivity index (χ3v) is 5.42. The molecule has 0 atom stereocenters. The van der Waals surface area contributed by atoms with Crippen molar-refractivity contribution in [2.75, 3.05) is 33.4 Å². The summed E-state index contributed by atoms with van der Waals surface area (Å²) in [5.41, 5.74) is 3.48. The maximum atomic E-state index is 12.6. The lowest BCUT2D eigenvalue weighted by atomic mass is 9.96. The summed E-state index contributed by atoms with van der Waals surface area (Å²) in [5, 5.41) is 0. The molecule has 2 aromatic rings. The van der Waals surface area contributed by atoms with Gasteiger partial charge in [-0.25, -0.2) is 4.98 Å². The number of hydrogen-bond acceptors (Lipinski definition) is 4. The second-order valence-electron chi connectivity index (χ2n) is 7.58. The zero-order chi connectivity index (χ0) is 20.6. The third kappa shape index (κ3) is 5.78. The van der Waals surface area contributed by atoms with Crippen LogP contribution in [0.3, 0.4) is 0 Å². The quantitative estimate of drug-likeness (QED) is 0.505. The van der Waals surface area contributed by atoms with Gasteiger partial charge in [-0.15, -0.1) is 0 Å². The fourth-order valence-corrected chi connectivity index (χ4v) is 3.66. The lowest BCUT2D eigenvalue weighted by Gasteiger charge is -2.31. The molecular weight excluding hydrogens is 366 g/mol. The van der Waals surface area contributed by atoms with Gasteiger partial charge in [0.05, 0.1) is 13.2 Å². The Kier molecular flexibility index (Phi) is 7.61. The van der Waals surface area contributed by atoms with Gasteiger partial charge in [0, 0.05) is 44.6 Å². The predicted molar refractivity (Wildman–Crippen MR) is 114 cm³/mol. The molecule has 1 fully saturated rings. The molecule has 0 radical (unpaired) electrons. The van der Waals surface area contributed by atoms with Crippen LogP contribution < -0.4 is 0 Å². The van der Waals surface area contributed by atoms with Gasteiger partial charge in [-0.05, 0) is 43.9 Å². The van der Waals surface area contributed by atoms with Crippen LogP contribution >= 0.6 is 0 Å². The van der Waals surface area contributed by atoms with E-state index in [0.717, 1.165) is 37.3 Å². The Morgan fingerprint density at radius 3 is 2.79 bits per heavy atom. The molecule has 1 aliphatic rings. The number of imidazole rings is 1. The number of aryl methyl sites for hydroxylation is 2. The molecule has 1 aromatic heterocycles. The molecule has 29 heavy (non-hydrogen) atoms. The summed E-state index contributed by atoms with van der Waals surface area (Å²) in [4.78, 5) is 19.1. The third-order valence-electron chi connectivity index (χ3n) is 5.42. The highest BCUT2D eigenvalue weighted by Crippen LogP contribution is 2.27. The molecule has 1 saturated heterocycles. The number of ether oxygens (including phenoxy) is 2. The van der Waals surface area contributed by atoms with Crippen LogP contribution in [-0.4, -0.2) is 53.8 Å². The highest BCUT2D eigenvalue weighted by molar-refractivity contribution is 5.92. The topological polar surface area (TPSA) is 56.6 Å². The molecule has 6 heteroatoms. The van der Waals surface area contributed by atoms with Crippen molar-refractivity contribution in [2.24, 2.45) is 0 Å². The first-order valence-corrected chi connectivity index (χ1v) is 10.2. The number of nitrogens with zero attached hydrogens (tertiary/aromatic N) is 3. The van der Waals surface area contributed by atoms with E-state index < -0.39 is 0 Å². The highest BCUT2D eigenvalue weighted by atomic mass is 16.5. The molecule has 1 aromatic carbocycles. The minimum absolute atomic E-state index is 0.0793. The number of benzene rings is 1. The predicted octanol–water partition coefficient (Wildman–Crippen LogP) is 3.54. The zero-order valence-corrected chi connectivity index (χ0v) is 17.6. The summed E-state index contributed by atoms with van der Waals surface area (Å²) in [6, 6.07) is 6.29. The largest absolute Gasteiger partial charge is 0.382 e. The van der Waals surface area contributed by atoms with E-state index in [4.69, 9.17) is 9.47 Å². The van der Waals surface area contributed by atoms with Gasteiger partial charge in [0.1, 0.15) is 12.6 Å². The Bertz CT molecular complexity index is 836. The maximum Gasteiger partial charge on any atom is 0.246 e. The number of hydrogen-bond donors (Lipinski definition) is 0. The van der Waals surface area contributed by atoms with Crippen molar-refractivity contribution in [3.05, 3.63) is 59.2 Å². The lowest BCUT2D eigenvalue weighted by molar-refractivity contribution is -0.127. The Morgan fingerprint density at radius 1 is 1.24 bits per heavy atom. The van der Waals surface area contributed by atoms with Crippen LogP contribution in [0, 0.1) is 13.8 Å². The zero-order valence-electron chi connectivity index (χ0n) is 17.6. The fraction of sp³-hybridized carbons (Fsp3) is 0.478. The summed E-state index contributed by atoms with van der Waals surface area (Å²) < 4.78 is 12.7. The number of piperidine rings is 1. The van der Waals surface area contributed by atoms with Gasteiger partial charge in [-0.3, -0.25) is 4.79 Å². The fourth-order valence-electron chi connectivity index (χ4n) is 3.66. The molecule has 3 rings (SSSR count). The lowest BCUT2D eigenvalue weighted by Crippen LogP contribution is -2.37. The SMILES string of the molecule is COCCOCn1ccnc1C1CCN(C(=O)C=Cc2cc(C)ccc2C)CC1. The molecule has 156 valence electrons. The van der Waals surface area contributed by atoms with Gasteiger partial charge in [0.2, 0.25) is 5.91 Å². The van der Waals surface area contributed by atoms with Crippen LogP contribution in [0.25, 0.3) is 6.08 Å². The van der Waals surface area contributed by atoms with Crippen LogP contribution in [0.5, 0.6) is 0 Å². The Hall–Kier alpha value is -2.44. The van der Waals surface area contributed by atoms with Crippen molar-refractivity contribution in [1.29, 1.82) is 0 Å². The summed E-state index contributed by atoms with van der Waals surface area (Å²) in [7, 11) is 1.66. The average molecular weight is 398 g/mol. The Balaban J connectivity index is 1.53. The molecule has 0 unspecified atom stereocenters. The van der Waals surface area contributed by atoms with Crippen molar-refractivity contribution in [1.82, 2.24) is 14.5 Å². The van der Waals surface area contributed by atoms with E-state index in [-0.39, 0.29) is 5.91 Å². The maximum absolute atomic E-state index is 12.6. The molecule has 0 saturated carbocycles. The van der Waals surface area contributed by atoms with Crippen LogP contribution in [0.15, 0.2) is 36.7 Å². The van der Waals surface area contributed by atoms with Gasteiger partial charge in [0.25, 0.3) is 0 Å². The normalized spacial score (nSPS) is 15.3. The van der Waals surface area contributed by atoms with E-state index in [0.29, 0.717) is 25.9 Å². The monoisotopic (exact) mass is 397 g/mol. The van der Waals surface area contributed by atoms with Crippen LogP contribution in [0.2, 0.25) is 0 Å². The van der Waals surface area contributed by atoms with E-state index in [2.05, 4.69) is 41.6 Å². The van der Waals surface area contributed by atoms with E-state index in [1.54, 1.807) is 13.2 Å². The molecule has 0 aliphatic carbocycles. The molecule has 0 bridgehead atoms. The minimum atomic E-state index is 0.0793. The molecular formula is C23H31N3O3. The van der Waals surface area contributed by atoms with Crippen molar-refractivity contribution < 1.29 is 14.3 Å². The van der Waals surface area contributed by atoms with Crippen molar-refractivity contribution in [3.63, 3.8) is 0 Å². The van der Waals surface area contributed by atoms with E-state index in [1.165, 1.54) is 11.1 Å². The summed E-state index contributed by atoms with van der Waals surface area (Å²) in [5.74, 6) is 1.47. The number of methoxy groups -OCH3 is 1. The van der Waals surface area contributed by atoms with Crippen LogP contribution in [0.4, 0.5) is 0 Å². The minimum Gasteiger partial charge on any atom is -0.382 e. The second-order valence-corrected chi connectivity index (χ2v) is 7.58. The molecule has 0 spiro atoms. The number of amides is 1. The highest BCUT2D eigenvalue weighted by Gasteiger charge is 2.25. The van der Waals surface area contributed by atoms with Crippen LogP contribution in [0.1, 0.15) is 41.3 Å². The smallest absolute Gasteiger partial charge is 0.246 e. The molecule has 0 N–H and O–H groups in total. The Labute approximate surface area is 173 Å². The van der Waals surface area contributed by atoms with Gasteiger partial charge >= 0.3 is 0 Å². The van der Waals surface area contributed by atoms with E-state index in [9.17, 15) is 4.79 Å². The van der Waals surface area contributed by atoms with Crippen molar-refractivity contribution >= 4 is 12.0 Å². The van der Waals surface area contributed by atoms with E-state index >= 15 is 0 Å². The summed E-state index contributed by atoms with van der Waals surface area (Å²) in [6.45, 7) is 7.26. The first kappa shape index (κ1) is 21.3. The first-order chi connectivity index (χ1) is 14.1. The molecule has 1 amide bonds. The van der Waals surface area contributed by atoms with Gasteiger partial charge in [-0.2, -0.15) is 0 Å². The number of carbonyl (C=O) groups is 1. The number of likely N-dealkylation sites (tertiary alicyclic amines) is 1. The second kappa shape index (κ2) is 10.4. The standard InChI is InChI=1S/C23H31N3O3/c1-18-4-5-19(2)21(16-18)6-7-22(27)25-11-8-20(9-12-25)23-24-10-13-26(23)17-29-15-14-28-3/h4-7,10,13,16,20H,8-9,11-12,14-15,17H2,1-3H3. The number of rotatable bonds is 8. The molecule has 1 aliphatic heterocycles. The van der Waals surface area contributed by atoms with Gasteiger partial charge in [0.15, 0.2) is 0 Å². The van der Waals surface area contributed by atoms with Crippen molar-refractivity contribution in [3.8, 4) is 0 Å². The van der Waals surface area contributed by atoms with Crippen LogP contribution in [-0.2, 0) is 21.0 Å². The summed E-state index contributed by atoms with van der Waals surface area (Å²) in [6.07, 6.45) is 9.23. The first-order valence-electron chi connectivity index (χ1n) is 10.2. The number of carbonyl (C=O) groups excluding carboxylic acids is 1. The average Bonchev–Trinajstić information content (AvgIpc) is 3.20. The van der Waals surface area contributed by atoms with Crippen molar-refractivity contribution in [2.45, 2.75) is 39.3 Å². The molecule has 2 heterocycles. The van der Waals surface area contributed by atoms with Gasteiger partial charge in [-0.1, -0.05) is 23.8 Å². The van der Waals surface area contributed by atoms with Gasteiger partial charge < -0.3 is 18.9 Å². The number of aromatic nitrogens is 2.